The number of benzene rings is 1. The summed E-state index contributed by atoms with van der Waals surface area (Å²) < 4.78 is 0.643. The van der Waals surface area contributed by atoms with Crippen molar-refractivity contribution in [2.45, 2.75) is 12.8 Å². The van der Waals surface area contributed by atoms with E-state index in [1.807, 2.05) is 0 Å². The second-order valence-electron chi connectivity index (χ2n) is 3.57. The lowest BCUT2D eigenvalue weighted by Crippen LogP contribution is -2.25. The van der Waals surface area contributed by atoms with Crippen LogP contribution in [-0.2, 0) is 0 Å². The Bertz CT molecular complexity index is 466. The van der Waals surface area contributed by atoms with Crippen molar-refractivity contribution in [2.24, 2.45) is 10.9 Å². The molecule has 1 aromatic rings. The van der Waals surface area contributed by atoms with Crippen molar-refractivity contribution in [1.29, 1.82) is 0 Å². The summed E-state index contributed by atoms with van der Waals surface area (Å²) in [5, 5.41) is 14.5. The Morgan fingerprint density at radius 3 is 2.89 bits per heavy atom. The molecule has 0 fully saturated rings. The van der Waals surface area contributed by atoms with Crippen LogP contribution in [-0.4, -0.2) is 23.5 Å². The molecule has 0 atom stereocenters. The maximum atomic E-state index is 11.8. The SMILES string of the molecule is N/C(CCCNC(=O)c1ccc(Cl)cc1Br)=N/O. The molecule has 0 saturated carbocycles. The van der Waals surface area contributed by atoms with Crippen LogP contribution in [0.5, 0.6) is 0 Å². The largest absolute Gasteiger partial charge is 0.409 e. The van der Waals surface area contributed by atoms with Crippen molar-refractivity contribution in [3.63, 3.8) is 0 Å². The summed E-state index contributed by atoms with van der Waals surface area (Å²) in [6, 6.07) is 4.95. The number of carbonyl (C=O) groups excluding carboxylic acids is 1. The minimum Gasteiger partial charge on any atom is -0.409 e. The molecule has 1 rings (SSSR count). The maximum absolute atomic E-state index is 11.8. The van der Waals surface area contributed by atoms with E-state index in [2.05, 4.69) is 26.4 Å². The third-order valence-electron chi connectivity index (χ3n) is 2.20. The van der Waals surface area contributed by atoms with Crippen LogP contribution in [0.15, 0.2) is 27.8 Å². The van der Waals surface area contributed by atoms with Crippen molar-refractivity contribution in [3.8, 4) is 0 Å². The lowest BCUT2D eigenvalue weighted by molar-refractivity contribution is 0.0952. The number of amidine groups is 1. The zero-order valence-corrected chi connectivity index (χ0v) is 11.8. The first-order valence-corrected chi connectivity index (χ1v) is 6.41. The number of nitrogens with two attached hydrogens (primary N) is 1. The van der Waals surface area contributed by atoms with Gasteiger partial charge in [0.2, 0.25) is 0 Å². The first-order valence-electron chi connectivity index (χ1n) is 5.24. The third-order valence-corrected chi connectivity index (χ3v) is 3.09. The van der Waals surface area contributed by atoms with Crippen LogP contribution >= 0.6 is 27.5 Å². The van der Waals surface area contributed by atoms with Gasteiger partial charge in [-0.2, -0.15) is 0 Å². The molecule has 0 aliphatic carbocycles. The molecule has 0 saturated heterocycles. The van der Waals surface area contributed by atoms with Crippen molar-refractivity contribution in [2.75, 3.05) is 6.54 Å². The van der Waals surface area contributed by atoms with Crippen molar-refractivity contribution < 1.29 is 10.0 Å². The lowest BCUT2D eigenvalue weighted by Gasteiger charge is -2.06. The molecule has 7 heteroatoms. The van der Waals surface area contributed by atoms with Gasteiger partial charge in [0, 0.05) is 22.5 Å². The standard InChI is InChI=1S/C11H13BrClN3O2/c12-9-6-7(13)3-4-8(9)11(17)15-5-1-2-10(14)16-18/h3-4,6,18H,1-2,5H2,(H2,14,16)(H,15,17). The molecule has 0 radical (unpaired) electrons. The Balaban J connectivity index is 2.46. The Labute approximate surface area is 118 Å². The molecule has 0 aromatic heterocycles. The smallest absolute Gasteiger partial charge is 0.252 e. The van der Waals surface area contributed by atoms with E-state index in [4.69, 9.17) is 22.5 Å². The van der Waals surface area contributed by atoms with Crippen molar-refractivity contribution in [3.05, 3.63) is 33.3 Å². The highest BCUT2D eigenvalue weighted by atomic mass is 79.9. The number of oxime groups is 1. The molecule has 4 N–H and O–H groups in total. The second kappa shape index (κ2) is 7.23. The highest BCUT2D eigenvalue weighted by molar-refractivity contribution is 9.10. The highest BCUT2D eigenvalue weighted by Gasteiger charge is 2.09. The number of halogens is 2. The third kappa shape index (κ3) is 4.54. The molecule has 0 spiro atoms. The fraction of sp³-hybridized carbons (Fsp3) is 0.273. The first kappa shape index (κ1) is 14.8. The Kier molecular flexibility index (Phi) is 5.94. The summed E-state index contributed by atoms with van der Waals surface area (Å²) in [5.74, 6) is -0.0463. The van der Waals surface area contributed by atoms with E-state index in [-0.39, 0.29) is 11.7 Å². The minimum atomic E-state index is -0.196. The average Bonchev–Trinajstić information content (AvgIpc) is 2.34. The Hall–Kier alpha value is -1.27. The Morgan fingerprint density at radius 2 is 2.28 bits per heavy atom. The van der Waals surface area contributed by atoms with Crippen LogP contribution in [0.1, 0.15) is 23.2 Å². The summed E-state index contributed by atoms with van der Waals surface area (Å²) >= 11 is 9.06. The molecule has 0 bridgehead atoms. The zero-order chi connectivity index (χ0) is 13.5. The van der Waals surface area contributed by atoms with E-state index < -0.39 is 0 Å². The van der Waals surface area contributed by atoms with E-state index in [9.17, 15) is 4.79 Å². The van der Waals surface area contributed by atoms with E-state index >= 15 is 0 Å². The average molecular weight is 335 g/mol. The molecular formula is C11H13BrClN3O2. The van der Waals surface area contributed by atoms with Gasteiger partial charge in [0.15, 0.2) is 0 Å². The first-order chi connectivity index (χ1) is 8.54. The van der Waals surface area contributed by atoms with Crippen LogP contribution in [0.2, 0.25) is 5.02 Å². The second-order valence-corrected chi connectivity index (χ2v) is 4.87. The minimum absolute atomic E-state index is 0.150. The van der Waals surface area contributed by atoms with Gasteiger partial charge in [0.25, 0.3) is 5.91 Å². The van der Waals surface area contributed by atoms with Gasteiger partial charge in [-0.05, 0) is 40.5 Å². The van der Waals surface area contributed by atoms with Gasteiger partial charge in [-0.1, -0.05) is 16.8 Å². The number of hydrogen-bond acceptors (Lipinski definition) is 3. The van der Waals surface area contributed by atoms with Crippen LogP contribution in [0, 0.1) is 0 Å². The number of nitrogens with zero attached hydrogens (tertiary/aromatic N) is 1. The van der Waals surface area contributed by atoms with E-state index in [1.54, 1.807) is 18.2 Å². The quantitative estimate of drug-likeness (QED) is 0.254. The van der Waals surface area contributed by atoms with E-state index in [0.29, 0.717) is 34.4 Å². The molecule has 98 valence electrons. The van der Waals surface area contributed by atoms with Gasteiger partial charge < -0.3 is 16.3 Å². The number of amides is 1. The Morgan fingerprint density at radius 1 is 1.56 bits per heavy atom. The molecule has 18 heavy (non-hydrogen) atoms. The van der Waals surface area contributed by atoms with Gasteiger partial charge >= 0.3 is 0 Å². The molecule has 5 nitrogen and oxygen atoms in total. The summed E-state index contributed by atoms with van der Waals surface area (Å²) in [7, 11) is 0. The van der Waals surface area contributed by atoms with Gasteiger partial charge in [0.05, 0.1) is 5.56 Å². The van der Waals surface area contributed by atoms with Gasteiger partial charge in [-0.25, -0.2) is 0 Å². The molecule has 1 amide bonds. The zero-order valence-electron chi connectivity index (χ0n) is 9.49. The van der Waals surface area contributed by atoms with Crippen molar-refractivity contribution in [1.82, 2.24) is 5.32 Å². The van der Waals surface area contributed by atoms with Crippen LogP contribution in [0.3, 0.4) is 0 Å². The monoisotopic (exact) mass is 333 g/mol. The summed E-state index contributed by atoms with van der Waals surface area (Å²) in [6.45, 7) is 0.449. The number of hydrogen-bond donors (Lipinski definition) is 3. The van der Waals surface area contributed by atoms with Crippen LogP contribution in [0.4, 0.5) is 0 Å². The van der Waals surface area contributed by atoms with E-state index in [0.717, 1.165) is 0 Å². The maximum Gasteiger partial charge on any atom is 0.252 e. The van der Waals surface area contributed by atoms with E-state index in [1.165, 1.54) is 0 Å². The molecule has 0 aliphatic heterocycles. The van der Waals surface area contributed by atoms with Crippen molar-refractivity contribution >= 4 is 39.3 Å². The number of nitrogens with one attached hydrogen (secondary N) is 1. The molecule has 1 aromatic carbocycles. The van der Waals surface area contributed by atoms with Crippen LogP contribution < -0.4 is 11.1 Å². The fourth-order valence-electron chi connectivity index (χ4n) is 1.29. The molecular weight excluding hydrogens is 321 g/mol. The van der Waals surface area contributed by atoms with Gasteiger partial charge in [0.1, 0.15) is 5.84 Å². The summed E-state index contributed by atoms with van der Waals surface area (Å²) in [6.07, 6.45) is 1.03. The summed E-state index contributed by atoms with van der Waals surface area (Å²) in [4.78, 5) is 11.8. The number of carbonyl (C=O) groups is 1. The van der Waals surface area contributed by atoms with Gasteiger partial charge in [-0.3, -0.25) is 4.79 Å². The highest BCUT2D eigenvalue weighted by Crippen LogP contribution is 2.21. The lowest BCUT2D eigenvalue weighted by atomic mass is 10.2. The normalized spacial score (nSPS) is 11.3. The molecule has 0 unspecified atom stereocenters. The predicted octanol–water partition coefficient (Wildman–Crippen LogP) is 2.36. The van der Waals surface area contributed by atoms with Gasteiger partial charge in [-0.15, -0.1) is 0 Å². The summed E-state index contributed by atoms with van der Waals surface area (Å²) in [5.41, 5.74) is 5.82. The number of rotatable bonds is 5. The molecule has 0 heterocycles. The molecule has 0 aliphatic rings. The fourth-order valence-corrected chi connectivity index (χ4v) is 2.15. The predicted molar refractivity (Wildman–Crippen MR) is 74.1 cm³/mol. The van der Waals surface area contributed by atoms with Crippen LogP contribution in [0.25, 0.3) is 0 Å². The topological polar surface area (TPSA) is 87.7 Å².